The zero-order valence-corrected chi connectivity index (χ0v) is 13.1. The number of guanidine groups is 1. The van der Waals surface area contributed by atoms with Crippen LogP contribution in [0.15, 0.2) is 0 Å². The molecular weight excluding hydrogens is 346 g/mol. The summed E-state index contributed by atoms with van der Waals surface area (Å²) in [5, 5.41) is 22.0. The average molecular weight is 360 g/mol. The molecule has 2 amide bonds. The van der Waals surface area contributed by atoms with E-state index in [0.29, 0.717) is 0 Å². The van der Waals surface area contributed by atoms with Gasteiger partial charge in [-0.3, -0.25) is 25.6 Å². The predicted molar refractivity (Wildman–Crippen MR) is 82.9 cm³/mol. The van der Waals surface area contributed by atoms with E-state index in [1.165, 1.54) is 0 Å². The lowest BCUT2D eigenvalue weighted by molar-refractivity contribution is -0.134. The van der Waals surface area contributed by atoms with Gasteiger partial charge in [-0.1, -0.05) is 11.6 Å². The maximum absolute atomic E-state index is 11.9. The molecule has 0 aromatic carbocycles. The fraction of sp³-hybridized carbons (Fsp3) is 0.273. The Kier molecular flexibility index (Phi) is 6.67. The van der Waals surface area contributed by atoms with Crippen LogP contribution in [-0.4, -0.2) is 52.2 Å². The van der Waals surface area contributed by atoms with E-state index < -0.39 is 36.2 Å². The van der Waals surface area contributed by atoms with E-state index in [-0.39, 0.29) is 23.4 Å². The summed E-state index contributed by atoms with van der Waals surface area (Å²) in [5.74, 6) is -3.24. The van der Waals surface area contributed by atoms with Crippen molar-refractivity contribution in [1.29, 1.82) is 5.41 Å². The highest BCUT2D eigenvalue weighted by Gasteiger charge is 2.19. The molecule has 0 spiro atoms. The van der Waals surface area contributed by atoms with E-state index in [0.717, 1.165) is 0 Å². The van der Waals surface area contributed by atoms with Crippen molar-refractivity contribution in [3.05, 3.63) is 10.8 Å². The normalized spacial score (nSPS) is 9.75. The van der Waals surface area contributed by atoms with Crippen LogP contribution in [-0.2, 0) is 9.53 Å². The molecule has 0 aliphatic carbocycles. The van der Waals surface area contributed by atoms with Gasteiger partial charge in [-0.15, -0.1) is 0 Å². The molecule has 0 fully saturated rings. The van der Waals surface area contributed by atoms with Crippen LogP contribution in [0.2, 0.25) is 5.15 Å². The zero-order chi connectivity index (χ0) is 18.3. The molecule has 0 bridgehead atoms. The minimum atomic E-state index is -1.16. The molecular formula is C11H14ClN7O5. The Morgan fingerprint density at radius 2 is 2.00 bits per heavy atom. The molecule has 0 aliphatic heterocycles. The van der Waals surface area contributed by atoms with E-state index in [4.69, 9.17) is 27.9 Å². The van der Waals surface area contributed by atoms with Gasteiger partial charge in [0.1, 0.15) is 6.54 Å². The summed E-state index contributed by atoms with van der Waals surface area (Å²) in [6.07, 6.45) is -0.923. The largest absolute Gasteiger partial charge is 0.480 e. The molecule has 12 nitrogen and oxygen atoms in total. The Hall–Kier alpha value is -3.15. The molecule has 1 aromatic rings. The number of amides is 2. The van der Waals surface area contributed by atoms with Crippen LogP contribution >= 0.6 is 11.6 Å². The number of aliphatic carboxylic acids is 1. The molecule has 0 saturated heterocycles. The average Bonchev–Trinajstić information content (AvgIpc) is 2.47. The molecule has 13 heteroatoms. The summed E-state index contributed by atoms with van der Waals surface area (Å²) in [4.78, 5) is 41.0. The monoisotopic (exact) mass is 359 g/mol. The lowest BCUT2D eigenvalue weighted by atomic mass is 10.3. The van der Waals surface area contributed by atoms with Gasteiger partial charge in [0.25, 0.3) is 5.91 Å². The predicted octanol–water partition coefficient (Wildman–Crippen LogP) is -0.381. The summed E-state index contributed by atoms with van der Waals surface area (Å²) < 4.78 is 4.53. The zero-order valence-electron chi connectivity index (χ0n) is 12.3. The second kappa shape index (κ2) is 8.47. The van der Waals surface area contributed by atoms with Crippen LogP contribution in [0.3, 0.4) is 0 Å². The molecule has 1 heterocycles. The van der Waals surface area contributed by atoms with Crippen molar-refractivity contribution in [2.24, 2.45) is 0 Å². The topological polar surface area (TPSA) is 192 Å². The number of nitrogens with one attached hydrogen (secondary N) is 4. The highest BCUT2D eigenvalue weighted by atomic mass is 35.5. The first-order valence-electron chi connectivity index (χ1n) is 6.37. The Morgan fingerprint density at radius 1 is 1.33 bits per heavy atom. The Labute approximate surface area is 140 Å². The van der Waals surface area contributed by atoms with Crippen LogP contribution in [0.4, 0.5) is 16.4 Å². The second-order valence-corrected chi connectivity index (χ2v) is 4.38. The number of anilines is 2. The number of carboxylic acids is 1. The quantitative estimate of drug-likeness (QED) is 0.300. The van der Waals surface area contributed by atoms with Gasteiger partial charge in [0.05, 0.1) is 6.61 Å². The number of hydrogen-bond donors (Lipinski definition) is 6. The highest BCUT2D eigenvalue weighted by Crippen LogP contribution is 2.20. The number of aromatic nitrogens is 2. The van der Waals surface area contributed by atoms with Gasteiger partial charge in [-0.25, -0.2) is 14.8 Å². The van der Waals surface area contributed by atoms with Crippen molar-refractivity contribution in [2.45, 2.75) is 6.92 Å². The highest BCUT2D eigenvalue weighted by molar-refractivity contribution is 6.32. The van der Waals surface area contributed by atoms with Crippen LogP contribution < -0.4 is 21.7 Å². The summed E-state index contributed by atoms with van der Waals surface area (Å²) >= 11 is 5.78. The van der Waals surface area contributed by atoms with Gasteiger partial charge < -0.3 is 20.9 Å². The van der Waals surface area contributed by atoms with Gasteiger partial charge in [0.15, 0.2) is 22.5 Å². The lowest BCUT2D eigenvalue weighted by Gasteiger charge is -2.11. The number of carboxylic acid groups (broad SMARTS) is 1. The molecule has 1 rings (SSSR count). The number of nitrogen functional groups attached to an aromatic ring is 1. The Bertz CT molecular complexity index is 681. The molecule has 1 aromatic heterocycles. The number of nitrogens with zero attached hydrogens (tertiary/aromatic N) is 2. The van der Waals surface area contributed by atoms with Gasteiger partial charge in [-0.2, -0.15) is 0 Å². The summed E-state index contributed by atoms with van der Waals surface area (Å²) in [7, 11) is 0. The van der Waals surface area contributed by atoms with Crippen molar-refractivity contribution >= 4 is 47.2 Å². The third-order valence-electron chi connectivity index (χ3n) is 2.24. The number of rotatable bonds is 5. The molecule has 0 atom stereocenters. The first-order valence-corrected chi connectivity index (χ1v) is 6.74. The van der Waals surface area contributed by atoms with Gasteiger partial charge >= 0.3 is 12.1 Å². The van der Waals surface area contributed by atoms with E-state index in [1.807, 2.05) is 10.6 Å². The smallest absolute Gasteiger partial charge is 0.413 e. The van der Waals surface area contributed by atoms with Crippen molar-refractivity contribution in [1.82, 2.24) is 20.6 Å². The van der Waals surface area contributed by atoms with Crippen LogP contribution in [0, 0.1) is 5.41 Å². The minimum Gasteiger partial charge on any atom is -0.480 e. The van der Waals surface area contributed by atoms with Crippen LogP contribution in [0.5, 0.6) is 0 Å². The van der Waals surface area contributed by atoms with Crippen molar-refractivity contribution in [3.63, 3.8) is 0 Å². The molecule has 7 N–H and O–H groups in total. The molecule has 0 radical (unpaired) electrons. The van der Waals surface area contributed by atoms with E-state index >= 15 is 0 Å². The minimum absolute atomic E-state index is 0.0892. The first kappa shape index (κ1) is 18.9. The standard InChI is InChI=1S/C11H14ClN7O5/c1-2-24-11(23)19-10(14)18-9(22)5-7(13)17-8(6(12)16-5)15-3-4(20)21/h2-3H2,1H3,(H,20,21)(H3,13,15,17)(H3,14,18,19,22,23). The fourth-order valence-corrected chi connectivity index (χ4v) is 1.53. The molecule has 24 heavy (non-hydrogen) atoms. The number of hydrogen-bond acceptors (Lipinski definition) is 9. The van der Waals surface area contributed by atoms with E-state index in [9.17, 15) is 14.4 Å². The molecule has 0 saturated carbocycles. The number of alkyl carbamates (subject to hydrolysis) is 1. The van der Waals surface area contributed by atoms with Crippen LogP contribution in [0.1, 0.15) is 17.4 Å². The maximum Gasteiger partial charge on any atom is 0.413 e. The number of nitrogens with two attached hydrogens (primary N) is 1. The number of carbonyl (C=O) groups is 3. The van der Waals surface area contributed by atoms with Gasteiger partial charge in [0, 0.05) is 0 Å². The second-order valence-electron chi connectivity index (χ2n) is 4.02. The van der Waals surface area contributed by atoms with Gasteiger partial charge in [-0.05, 0) is 6.92 Å². The van der Waals surface area contributed by atoms with E-state index in [2.05, 4.69) is 20.0 Å². The molecule has 0 aliphatic rings. The Balaban J connectivity index is 2.80. The number of halogens is 1. The summed E-state index contributed by atoms with van der Waals surface area (Å²) in [5.41, 5.74) is 5.15. The molecule has 0 unspecified atom stereocenters. The number of ether oxygens (including phenoxy) is 1. The maximum atomic E-state index is 11.9. The fourth-order valence-electron chi connectivity index (χ4n) is 1.34. The van der Waals surface area contributed by atoms with Crippen molar-refractivity contribution in [2.75, 3.05) is 24.2 Å². The number of carbonyl (C=O) groups excluding carboxylic acids is 2. The summed E-state index contributed by atoms with van der Waals surface area (Å²) in [6, 6.07) is 0. The third kappa shape index (κ3) is 5.57. The third-order valence-corrected chi connectivity index (χ3v) is 2.51. The lowest BCUT2D eigenvalue weighted by Crippen LogP contribution is -2.43. The Morgan fingerprint density at radius 3 is 2.58 bits per heavy atom. The molecule has 130 valence electrons. The van der Waals surface area contributed by atoms with Crippen molar-refractivity contribution in [3.8, 4) is 0 Å². The van der Waals surface area contributed by atoms with E-state index in [1.54, 1.807) is 6.92 Å². The van der Waals surface area contributed by atoms with Gasteiger partial charge in [0.2, 0.25) is 5.96 Å². The first-order chi connectivity index (χ1) is 11.2. The summed E-state index contributed by atoms with van der Waals surface area (Å²) in [6.45, 7) is 1.18. The van der Waals surface area contributed by atoms with Crippen molar-refractivity contribution < 1.29 is 24.2 Å². The SMILES string of the molecule is CCOC(=O)NC(=N)NC(=O)c1nc(Cl)c(NCC(=O)O)nc1N. The van der Waals surface area contributed by atoms with Crippen LogP contribution in [0.25, 0.3) is 0 Å².